The number of nitrogens with two attached hydrogens (primary N) is 1. The van der Waals surface area contributed by atoms with Gasteiger partial charge in [0.2, 0.25) is 0 Å². The zero-order valence-electron chi connectivity index (χ0n) is 11.7. The maximum absolute atomic E-state index is 6.42. The summed E-state index contributed by atoms with van der Waals surface area (Å²) in [5.74, 6) is 0. The Labute approximate surface area is 115 Å². The number of fused-ring (bicyclic) bond motifs is 1. The Kier molecular flexibility index (Phi) is 3.87. The molecule has 104 valence electrons. The smallest absolute Gasteiger partial charge is 0.0895 e. The SMILES string of the molecule is CCc1cccc(C(N)C2CN3CCCC3CO2)c1. The van der Waals surface area contributed by atoms with Gasteiger partial charge in [-0.2, -0.15) is 0 Å². The van der Waals surface area contributed by atoms with Gasteiger partial charge in [0.05, 0.1) is 18.8 Å². The minimum absolute atomic E-state index is 0.00644. The quantitative estimate of drug-likeness (QED) is 0.904. The highest BCUT2D eigenvalue weighted by molar-refractivity contribution is 5.26. The third kappa shape index (κ3) is 2.69. The monoisotopic (exact) mass is 260 g/mol. The van der Waals surface area contributed by atoms with Crippen LogP contribution in [0.1, 0.15) is 36.9 Å². The second-order valence-corrected chi connectivity index (χ2v) is 5.79. The Bertz CT molecular complexity index is 435. The Hall–Kier alpha value is -0.900. The lowest BCUT2D eigenvalue weighted by atomic mass is 9.98. The van der Waals surface area contributed by atoms with E-state index >= 15 is 0 Å². The molecule has 2 heterocycles. The van der Waals surface area contributed by atoms with Gasteiger partial charge in [-0.25, -0.2) is 0 Å². The second-order valence-electron chi connectivity index (χ2n) is 5.79. The van der Waals surface area contributed by atoms with Crippen LogP contribution in [0.2, 0.25) is 0 Å². The molecule has 19 heavy (non-hydrogen) atoms. The Morgan fingerprint density at radius 2 is 2.37 bits per heavy atom. The van der Waals surface area contributed by atoms with Crippen molar-refractivity contribution < 1.29 is 4.74 Å². The molecule has 2 fully saturated rings. The van der Waals surface area contributed by atoms with Crippen LogP contribution in [0, 0.1) is 0 Å². The van der Waals surface area contributed by atoms with Crippen molar-refractivity contribution in [3.63, 3.8) is 0 Å². The Balaban J connectivity index is 1.70. The largest absolute Gasteiger partial charge is 0.373 e. The second kappa shape index (κ2) is 5.61. The van der Waals surface area contributed by atoms with E-state index in [9.17, 15) is 0 Å². The van der Waals surface area contributed by atoms with Crippen molar-refractivity contribution in [3.05, 3.63) is 35.4 Å². The molecule has 1 aromatic carbocycles. The summed E-state index contributed by atoms with van der Waals surface area (Å²) in [5, 5.41) is 0. The van der Waals surface area contributed by atoms with Crippen LogP contribution in [-0.2, 0) is 11.2 Å². The fraction of sp³-hybridized carbons (Fsp3) is 0.625. The molecule has 2 aliphatic rings. The fourth-order valence-corrected chi connectivity index (χ4v) is 3.30. The summed E-state index contributed by atoms with van der Waals surface area (Å²) in [6.07, 6.45) is 3.79. The minimum atomic E-state index is -0.00644. The summed E-state index contributed by atoms with van der Waals surface area (Å²) in [5.41, 5.74) is 8.98. The van der Waals surface area contributed by atoms with Crippen LogP contribution in [0.3, 0.4) is 0 Å². The van der Waals surface area contributed by atoms with E-state index in [1.54, 1.807) is 0 Å². The summed E-state index contributed by atoms with van der Waals surface area (Å²) in [6.45, 7) is 5.23. The van der Waals surface area contributed by atoms with Crippen LogP contribution in [0.25, 0.3) is 0 Å². The molecule has 0 aliphatic carbocycles. The normalized spacial score (nSPS) is 29.2. The van der Waals surface area contributed by atoms with Gasteiger partial charge in [-0.05, 0) is 36.9 Å². The molecule has 2 aliphatic heterocycles. The van der Waals surface area contributed by atoms with Crippen LogP contribution in [0.15, 0.2) is 24.3 Å². The summed E-state index contributed by atoms with van der Waals surface area (Å²) in [7, 11) is 0. The molecule has 2 saturated heterocycles. The highest BCUT2D eigenvalue weighted by Crippen LogP contribution is 2.27. The number of rotatable bonds is 3. The third-order valence-corrected chi connectivity index (χ3v) is 4.56. The first-order chi connectivity index (χ1) is 9.28. The highest BCUT2D eigenvalue weighted by atomic mass is 16.5. The summed E-state index contributed by atoms with van der Waals surface area (Å²) in [6, 6.07) is 9.26. The van der Waals surface area contributed by atoms with Gasteiger partial charge in [0, 0.05) is 12.6 Å². The first-order valence-electron chi connectivity index (χ1n) is 7.48. The Morgan fingerprint density at radius 3 is 3.21 bits per heavy atom. The van der Waals surface area contributed by atoms with Crippen molar-refractivity contribution in [2.75, 3.05) is 19.7 Å². The average Bonchev–Trinajstić information content (AvgIpc) is 2.94. The molecule has 1 aromatic rings. The van der Waals surface area contributed by atoms with Crippen molar-refractivity contribution in [1.82, 2.24) is 4.90 Å². The summed E-state index contributed by atoms with van der Waals surface area (Å²) in [4.78, 5) is 2.55. The number of hydrogen-bond acceptors (Lipinski definition) is 3. The number of hydrogen-bond donors (Lipinski definition) is 1. The van der Waals surface area contributed by atoms with E-state index in [0.717, 1.165) is 19.6 Å². The first-order valence-corrected chi connectivity index (χ1v) is 7.48. The van der Waals surface area contributed by atoms with Crippen LogP contribution in [-0.4, -0.2) is 36.7 Å². The van der Waals surface area contributed by atoms with Crippen LogP contribution < -0.4 is 5.73 Å². The number of aryl methyl sites for hydroxylation is 1. The zero-order valence-corrected chi connectivity index (χ0v) is 11.7. The van der Waals surface area contributed by atoms with Crippen LogP contribution in [0.4, 0.5) is 0 Å². The minimum Gasteiger partial charge on any atom is -0.373 e. The number of benzene rings is 1. The van der Waals surface area contributed by atoms with E-state index in [1.807, 2.05) is 0 Å². The van der Waals surface area contributed by atoms with Crippen molar-refractivity contribution >= 4 is 0 Å². The zero-order chi connectivity index (χ0) is 13.2. The summed E-state index contributed by atoms with van der Waals surface area (Å²) < 4.78 is 6.01. The van der Waals surface area contributed by atoms with E-state index in [-0.39, 0.29) is 12.1 Å². The lowest BCUT2D eigenvalue weighted by molar-refractivity contribution is -0.0597. The molecule has 0 radical (unpaired) electrons. The molecule has 2 N–H and O–H groups in total. The van der Waals surface area contributed by atoms with Gasteiger partial charge in [-0.1, -0.05) is 31.2 Å². The molecule has 3 heteroatoms. The summed E-state index contributed by atoms with van der Waals surface area (Å²) >= 11 is 0. The molecular formula is C16H24N2O. The van der Waals surface area contributed by atoms with Crippen LogP contribution >= 0.6 is 0 Å². The third-order valence-electron chi connectivity index (χ3n) is 4.56. The van der Waals surface area contributed by atoms with Gasteiger partial charge in [0.15, 0.2) is 0 Å². The highest BCUT2D eigenvalue weighted by Gasteiger charge is 2.35. The molecule has 3 nitrogen and oxygen atoms in total. The first kappa shape index (κ1) is 13.1. The van der Waals surface area contributed by atoms with Gasteiger partial charge in [0.1, 0.15) is 0 Å². The van der Waals surface area contributed by atoms with E-state index in [0.29, 0.717) is 6.04 Å². The van der Waals surface area contributed by atoms with Crippen molar-refractivity contribution in [1.29, 1.82) is 0 Å². The maximum Gasteiger partial charge on any atom is 0.0895 e. The molecule has 0 bridgehead atoms. The van der Waals surface area contributed by atoms with Gasteiger partial charge < -0.3 is 10.5 Å². The van der Waals surface area contributed by atoms with E-state index < -0.39 is 0 Å². The molecule has 3 unspecified atom stereocenters. The van der Waals surface area contributed by atoms with Crippen LogP contribution in [0.5, 0.6) is 0 Å². The lowest BCUT2D eigenvalue weighted by Gasteiger charge is -2.37. The fourth-order valence-electron chi connectivity index (χ4n) is 3.30. The van der Waals surface area contributed by atoms with Gasteiger partial charge in [0.25, 0.3) is 0 Å². The average molecular weight is 260 g/mol. The number of ether oxygens (including phenoxy) is 1. The lowest BCUT2D eigenvalue weighted by Crippen LogP contribution is -2.49. The van der Waals surface area contributed by atoms with E-state index in [2.05, 4.69) is 36.1 Å². The molecular weight excluding hydrogens is 236 g/mol. The molecule has 0 saturated carbocycles. The Morgan fingerprint density at radius 1 is 1.47 bits per heavy atom. The molecule has 3 atom stereocenters. The van der Waals surface area contributed by atoms with Gasteiger partial charge in [-0.3, -0.25) is 4.90 Å². The molecule has 3 rings (SSSR count). The molecule has 0 amide bonds. The van der Waals surface area contributed by atoms with Crippen molar-refractivity contribution in [2.24, 2.45) is 5.73 Å². The van der Waals surface area contributed by atoms with Gasteiger partial charge in [-0.15, -0.1) is 0 Å². The number of morpholine rings is 1. The predicted octanol–water partition coefficient (Wildman–Crippen LogP) is 2.11. The maximum atomic E-state index is 6.42. The predicted molar refractivity (Wildman–Crippen MR) is 77.1 cm³/mol. The van der Waals surface area contributed by atoms with Crippen molar-refractivity contribution in [3.8, 4) is 0 Å². The van der Waals surface area contributed by atoms with E-state index in [1.165, 1.54) is 30.5 Å². The molecule has 0 spiro atoms. The topological polar surface area (TPSA) is 38.5 Å². The standard InChI is InChI=1S/C16H24N2O/c1-2-12-5-3-6-13(9-12)16(17)15-10-18-8-4-7-14(18)11-19-15/h3,5-6,9,14-16H,2,4,7-8,10-11,17H2,1H3. The van der Waals surface area contributed by atoms with Crippen molar-refractivity contribution in [2.45, 2.75) is 44.4 Å². The van der Waals surface area contributed by atoms with E-state index in [4.69, 9.17) is 10.5 Å². The molecule has 0 aromatic heterocycles. The number of nitrogens with zero attached hydrogens (tertiary/aromatic N) is 1. The van der Waals surface area contributed by atoms with Gasteiger partial charge >= 0.3 is 0 Å².